The Labute approximate surface area is 87.3 Å². The Morgan fingerprint density at radius 2 is 2.17 bits per heavy atom. The van der Waals surface area contributed by atoms with Crippen LogP contribution in [0.1, 0.15) is 17.7 Å². The predicted octanol–water partition coefficient (Wildman–Crippen LogP) is 3.59. The number of halogens is 4. The van der Waals surface area contributed by atoms with Crippen molar-refractivity contribution < 1.29 is 8.78 Å². The van der Waals surface area contributed by atoms with E-state index in [0.717, 1.165) is 0 Å². The zero-order chi connectivity index (χ0) is 9.30. The fourth-order valence-electron chi connectivity index (χ4n) is 0.791. The highest BCUT2D eigenvalue weighted by Crippen LogP contribution is 2.27. The molecule has 12 heavy (non-hydrogen) atoms. The maximum absolute atomic E-state index is 12.2. The Hall–Kier alpha value is 0.0300. The third kappa shape index (κ3) is 1.85. The van der Waals surface area contributed by atoms with Crippen molar-refractivity contribution in [2.75, 3.05) is 0 Å². The van der Waals surface area contributed by atoms with Gasteiger partial charge in [0.15, 0.2) is 0 Å². The number of aromatic nitrogens is 1. The highest BCUT2D eigenvalue weighted by molar-refractivity contribution is 14.1. The van der Waals surface area contributed by atoms with E-state index in [9.17, 15) is 8.78 Å². The molecule has 0 amide bonds. The van der Waals surface area contributed by atoms with Crippen LogP contribution in [-0.2, 0) is 0 Å². The molecule has 1 aromatic rings. The van der Waals surface area contributed by atoms with E-state index in [1.807, 2.05) is 22.6 Å². The second kappa shape index (κ2) is 3.83. The lowest BCUT2D eigenvalue weighted by Gasteiger charge is -2.06. The summed E-state index contributed by atoms with van der Waals surface area (Å²) < 4.78 is 25.1. The molecule has 5 heteroatoms. The molecule has 1 aromatic heterocycles. The maximum Gasteiger partial charge on any atom is 0.280 e. The normalized spacial score (nSPS) is 10.8. The molecule has 0 radical (unpaired) electrons. The van der Waals surface area contributed by atoms with E-state index >= 15 is 0 Å². The summed E-state index contributed by atoms with van der Waals surface area (Å²) in [6.45, 7) is 1.59. The predicted molar refractivity (Wildman–Crippen MR) is 51.7 cm³/mol. The van der Waals surface area contributed by atoms with Gasteiger partial charge in [-0.2, -0.15) is 0 Å². The molecule has 0 aromatic carbocycles. The van der Waals surface area contributed by atoms with Crippen LogP contribution in [0.5, 0.6) is 0 Å². The van der Waals surface area contributed by atoms with Crippen molar-refractivity contribution in [3.05, 3.63) is 26.0 Å². The number of hydrogen-bond donors (Lipinski definition) is 0. The smallest absolute Gasteiger partial charge is 0.253 e. The first-order chi connectivity index (χ1) is 5.54. The van der Waals surface area contributed by atoms with Crippen LogP contribution in [0.25, 0.3) is 0 Å². The van der Waals surface area contributed by atoms with E-state index in [-0.39, 0.29) is 5.69 Å². The van der Waals surface area contributed by atoms with E-state index in [2.05, 4.69) is 4.98 Å². The van der Waals surface area contributed by atoms with Crippen LogP contribution < -0.4 is 0 Å². The Balaban J connectivity index is 3.27. The van der Waals surface area contributed by atoms with Crippen LogP contribution in [-0.4, -0.2) is 4.98 Å². The van der Waals surface area contributed by atoms with Gasteiger partial charge in [0.2, 0.25) is 0 Å². The second-order valence-corrected chi connectivity index (χ2v) is 3.72. The van der Waals surface area contributed by atoms with E-state index in [1.165, 1.54) is 6.20 Å². The highest BCUT2D eigenvalue weighted by Gasteiger charge is 2.15. The van der Waals surface area contributed by atoms with Gasteiger partial charge in [0.05, 0.1) is 5.02 Å². The molecule has 0 saturated carbocycles. The molecular formula is C7H5ClF2IN. The summed E-state index contributed by atoms with van der Waals surface area (Å²) in [4.78, 5) is 3.55. The molecular weight excluding hydrogens is 298 g/mol. The molecule has 1 heterocycles. The fraction of sp³-hybridized carbons (Fsp3) is 0.286. The van der Waals surface area contributed by atoms with E-state index < -0.39 is 6.43 Å². The van der Waals surface area contributed by atoms with E-state index in [4.69, 9.17) is 11.6 Å². The van der Waals surface area contributed by atoms with Crippen molar-refractivity contribution in [3.8, 4) is 0 Å². The molecule has 0 N–H and O–H groups in total. The van der Waals surface area contributed by atoms with Crippen LogP contribution in [0, 0.1) is 10.5 Å². The Kier molecular flexibility index (Phi) is 3.22. The number of hydrogen-bond acceptors (Lipinski definition) is 1. The number of alkyl halides is 2. The SMILES string of the molecule is Cc1c(C(F)F)ncc(Cl)c1I. The molecule has 1 nitrogen and oxygen atoms in total. The third-order valence-corrected chi connectivity index (χ3v) is 3.44. The number of rotatable bonds is 1. The van der Waals surface area contributed by atoms with Crippen molar-refractivity contribution in [1.82, 2.24) is 4.98 Å². The molecule has 0 aliphatic carbocycles. The molecule has 0 atom stereocenters. The fourth-order valence-corrected chi connectivity index (χ4v) is 1.40. The van der Waals surface area contributed by atoms with Gasteiger partial charge in [-0.3, -0.25) is 4.98 Å². The average Bonchev–Trinajstić information content (AvgIpc) is 2.00. The third-order valence-electron chi connectivity index (χ3n) is 1.45. The number of nitrogens with zero attached hydrogens (tertiary/aromatic N) is 1. The van der Waals surface area contributed by atoms with Crippen LogP contribution in [0.15, 0.2) is 6.20 Å². The molecule has 0 aliphatic heterocycles. The van der Waals surface area contributed by atoms with Crippen molar-refractivity contribution in [2.24, 2.45) is 0 Å². The summed E-state index contributed by atoms with van der Waals surface area (Å²) in [6.07, 6.45) is -1.28. The van der Waals surface area contributed by atoms with Gasteiger partial charge in [-0.25, -0.2) is 8.78 Å². The standard InChI is InChI=1S/C7H5ClF2IN/c1-3-5(11)4(8)2-12-6(3)7(9)10/h2,7H,1H3. The van der Waals surface area contributed by atoms with Crippen LogP contribution in [0.2, 0.25) is 5.02 Å². The van der Waals surface area contributed by atoms with Gasteiger partial charge >= 0.3 is 0 Å². The molecule has 0 aliphatic rings. The van der Waals surface area contributed by atoms with Crippen molar-refractivity contribution >= 4 is 34.2 Å². The minimum Gasteiger partial charge on any atom is -0.253 e. The summed E-state index contributed by atoms with van der Waals surface area (Å²) in [7, 11) is 0. The van der Waals surface area contributed by atoms with Gasteiger partial charge in [-0.1, -0.05) is 11.6 Å². The first-order valence-electron chi connectivity index (χ1n) is 3.12. The monoisotopic (exact) mass is 303 g/mol. The second-order valence-electron chi connectivity index (χ2n) is 2.23. The Morgan fingerprint density at radius 1 is 1.58 bits per heavy atom. The van der Waals surface area contributed by atoms with Crippen LogP contribution in [0.4, 0.5) is 8.78 Å². The van der Waals surface area contributed by atoms with Gasteiger partial charge in [0, 0.05) is 9.77 Å². The van der Waals surface area contributed by atoms with Gasteiger partial charge in [0.25, 0.3) is 6.43 Å². The lowest BCUT2D eigenvalue weighted by Crippen LogP contribution is -1.97. The molecule has 1 rings (SSSR count). The van der Waals surface area contributed by atoms with Crippen molar-refractivity contribution in [3.63, 3.8) is 0 Å². The first-order valence-corrected chi connectivity index (χ1v) is 4.58. The summed E-state index contributed by atoms with van der Waals surface area (Å²) >= 11 is 7.60. The molecule has 0 fully saturated rings. The minimum absolute atomic E-state index is 0.191. The Bertz CT molecular complexity index is 304. The topological polar surface area (TPSA) is 12.9 Å². The summed E-state index contributed by atoms with van der Waals surface area (Å²) in [6, 6.07) is 0. The summed E-state index contributed by atoms with van der Waals surface area (Å²) in [5.41, 5.74) is 0.266. The van der Waals surface area contributed by atoms with Gasteiger partial charge in [0.1, 0.15) is 5.69 Å². The molecule has 0 unspecified atom stereocenters. The first kappa shape index (κ1) is 10.1. The minimum atomic E-state index is -2.53. The summed E-state index contributed by atoms with van der Waals surface area (Å²) in [5.74, 6) is 0. The zero-order valence-corrected chi connectivity index (χ0v) is 9.03. The van der Waals surface area contributed by atoms with Crippen LogP contribution >= 0.6 is 34.2 Å². The van der Waals surface area contributed by atoms with Crippen molar-refractivity contribution in [2.45, 2.75) is 13.3 Å². The van der Waals surface area contributed by atoms with Gasteiger partial charge in [-0.05, 0) is 35.1 Å². The molecule has 66 valence electrons. The van der Waals surface area contributed by atoms with E-state index in [1.54, 1.807) is 6.92 Å². The van der Waals surface area contributed by atoms with Crippen LogP contribution in [0.3, 0.4) is 0 Å². The number of pyridine rings is 1. The molecule has 0 bridgehead atoms. The lowest BCUT2D eigenvalue weighted by molar-refractivity contribution is 0.145. The van der Waals surface area contributed by atoms with E-state index in [0.29, 0.717) is 14.2 Å². The Morgan fingerprint density at radius 3 is 2.67 bits per heavy atom. The maximum atomic E-state index is 12.2. The molecule has 0 saturated heterocycles. The van der Waals surface area contributed by atoms with Gasteiger partial charge in [-0.15, -0.1) is 0 Å². The zero-order valence-electron chi connectivity index (χ0n) is 6.11. The average molecular weight is 303 g/mol. The molecule has 0 spiro atoms. The quantitative estimate of drug-likeness (QED) is 0.723. The lowest BCUT2D eigenvalue weighted by atomic mass is 10.2. The highest BCUT2D eigenvalue weighted by atomic mass is 127. The largest absolute Gasteiger partial charge is 0.280 e. The summed E-state index contributed by atoms with van der Waals surface area (Å²) in [5, 5.41) is 0.414. The van der Waals surface area contributed by atoms with Crippen molar-refractivity contribution in [1.29, 1.82) is 0 Å². The van der Waals surface area contributed by atoms with Gasteiger partial charge < -0.3 is 0 Å².